The van der Waals surface area contributed by atoms with Crippen LogP contribution < -0.4 is 0 Å². The molecule has 1 aliphatic rings. The van der Waals surface area contributed by atoms with E-state index in [0.717, 1.165) is 19.3 Å². The second-order valence-electron chi connectivity index (χ2n) is 3.61. The summed E-state index contributed by atoms with van der Waals surface area (Å²) in [6.07, 6.45) is 11.5. The lowest BCUT2D eigenvalue weighted by molar-refractivity contribution is -0.145. The van der Waals surface area contributed by atoms with Gasteiger partial charge >= 0.3 is 5.97 Å². The molecule has 0 aromatic rings. The van der Waals surface area contributed by atoms with Crippen molar-refractivity contribution in [2.45, 2.75) is 26.2 Å². The summed E-state index contributed by atoms with van der Waals surface area (Å²) in [4.78, 5) is 11.4. The zero-order valence-electron chi connectivity index (χ0n) is 9.25. The van der Waals surface area contributed by atoms with Gasteiger partial charge in [-0.05, 0) is 43.4 Å². The molecule has 1 fully saturated rings. The first-order valence-corrected chi connectivity index (χ1v) is 5.11. The predicted octanol–water partition coefficient (Wildman–Crippen LogP) is 2.47. The first kappa shape index (κ1) is 11.6. The maximum Gasteiger partial charge on any atom is 0.309 e. The minimum Gasteiger partial charge on any atom is -0.469 e. The van der Waals surface area contributed by atoms with Crippen LogP contribution in [0.4, 0.5) is 0 Å². The van der Waals surface area contributed by atoms with Gasteiger partial charge in [0.2, 0.25) is 0 Å². The minimum absolute atomic E-state index is 0.00359. The molecule has 1 rings (SSSR count). The van der Waals surface area contributed by atoms with Gasteiger partial charge in [0.05, 0.1) is 13.0 Å². The number of methoxy groups -OCH3 is 1. The number of terminal acetylenes is 1. The van der Waals surface area contributed by atoms with Crippen LogP contribution in [0, 0.1) is 18.3 Å². The van der Waals surface area contributed by atoms with Crippen LogP contribution >= 0.6 is 0 Å². The smallest absolute Gasteiger partial charge is 0.309 e. The standard InChI is InChI=1S/C13H16O2/c1-4-6-11-7-8-12(13(14)15-3)9-10(11)5-2/h1,5-6,12H,7-9H2,2-3H3/b10-5-,11-6-. The largest absolute Gasteiger partial charge is 0.469 e. The van der Waals surface area contributed by atoms with E-state index < -0.39 is 0 Å². The third-order valence-corrected chi connectivity index (χ3v) is 2.78. The summed E-state index contributed by atoms with van der Waals surface area (Å²) in [5.74, 6) is 2.42. The topological polar surface area (TPSA) is 26.3 Å². The molecule has 2 heteroatoms. The van der Waals surface area contributed by atoms with Crippen molar-refractivity contribution in [3.63, 3.8) is 0 Å². The van der Waals surface area contributed by atoms with Crippen molar-refractivity contribution >= 4 is 5.97 Å². The van der Waals surface area contributed by atoms with Gasteiger partial charge in [-0.2, -0.15) is 0 Å². The summed E-state index contributed by atoms with van der Waals surface area (Å²) >= 11 is 0. The van der Waals surface area contributed by atoms with Gasteiger partial charge < -0.3 is 4.74 Å². The Morgan fingerprint density at radius 2 is 2.33 bits per heavy atom. The van der Waals surface area contributed by atoms with Crippen molar-refractivity contribution in [3.05, 3.63) is 23.3 Å². The lowest BCUT2D eigenvalue weighted by Gasteiger charge is -2.24. The van der Waals surface area contributed by atoms with E-state index >= 15 is 0 Å². The van der Waals surface area contributed by atoms with Gasteiger partial charge in [-0.25, -0.2) is 0 Å². The molecule has 0 aromatic carbocycles. The minimum atomic E-state index is -0.117. The van der Waals surface area contributed by atoms with Gasteiger partial charge in [-0.3, -0.25) is 4.79 Å². The fourth-order valence-corrected chi connectivity index (χ4v) is 1.93. The molecule has 0 heterocycles. The average Bonchev–Trinajstić information content (AvgIpc) is 2.29. The Hall–Kier alpha value is -1.49. The number of carbonyl (C=O) groups is 1. The first-order chi connectivity index (χ1) is 7.22. The van der Waals surface area contributed by atoms with Gasteiger partial charge in [-0.15, -0.1) is 6.42 Å². The molecule has 0 spiro atoms. The highest BCUT2D eigenvalue weighted by Crippen LogP contribution is 2.33. The molecular formula is C13H16O2. The van der Waals surface area contributed by atoms with Gasteiger partial charge in [-0.1, -0.05) is 12.0 Å². The fourth-order valence-electron chi connectivity index (χ4n) is 1.93. The molecule has 0 radical (unpaired) electrons. The van der Waals surface area contributed by atoms with E-state index in [2.05, 4.69) is 5.92 Å². The molecule has 0 bridgehead atoms. The highest BCUT2D eigenvalue weighted by atomic mass is 16.5. The van der Waals surface area contributed by atoms with Crippen LogP contribution in [0.25, 0.3) is 0 Å². The number of allylic oxidation sites excluding steroid dienone is 4. The van der Waals surface area contributed by atoms with Crippen LogP contribution in [0.2, 0.25) is 0 Å². The number of ether oxygens (including phenoxy) is 1. The third kappa shape index (κ3) is 2.73. The van der Waals surface area contributed by atoms with Gasteiger partial charge in [0.15, 0.2) is 0 Å². The third-order valence-electron chi connectivity index (χ3n) is 2.78. The summed E-state index contributed by atoms with van der Waals surface area (Å²) in [6.45, 7) is 1.97. The van der Waals surface area contributed by atoms with Crippen LogP contribution in [0.3, 0.4) is 0 Å². The zero-order valence-corrected chi connectivity index (χ0v) is 9.25. The van der Waals surface area contributed by atoms with Gasteiger partial charge in [0.25, 0.3) is 0 Å². The van der Waals surface area contributed by atoms with E-state index in [4.69, 9.17) is 11.2 Å². The molecule has 15 heavy (non-hydrogen) atoms. The SMILES string of the molecule is C#C/C=C1/CCC(C(=O)OC)C/C1=C/C. The van der Waals surface area contributed by atoms with Crippen LogP contribution in [0.15, 0.2) is 23.3 Å². The van der Waals surface area contributed by atoms with Crippen LogP contribution in [-0.2, 0) is 9.53 Å². The number of esters is 1. The summed E-state index contributed by atoms with van der Waals surface area (Å²) in [5.41, 5.74) is 2.36. The predicted molar refractivity (Wildman–Crippen MR) is 60.0 cm³/mol. The molecule has 80 valence electrons. The van der Waals surface area contributed by atoms with Crippen molar-refractivity contribution in [1.29, 1.82) is 0 Å². The fraction of sp³-hybridized carbons (Fsp3) is 0.462. The van der Waals surface area contributed by atoms with Crippen molar-refractivity contribution < 1.29 is 9.53 Å². The summed E-state index contributed by atoms with van der Waals surface area (Å²) in [7, 11) is 1.43. The molecule has 0 aromatic heterocycles. The lowest BCUT2D eigenvalue weighted by atomic mass is 9.81. The number of rotatable bonds is 1. The maximum absolute atomic E-state index is 11.4. The Labute approximate surface area is 91.0 Å². The van der Waals surface area contributed by atoms with Crippen LogP contribution in [0.1, 0.15) is 26.2 Å². The lowest BCUT2D eigenvalue weighted by Crippen LogP contribution is -2.21. The van der Waals surface area contributed by atoms with E-state index in [1.54, 1.807) is 6.08 Å². The Kier molecular flexibility index (Phi) is 4.17. The molecule has 2 nitrogen and oxygen atoms in total. The molecule has 0 amide bonds. The second-order valence-corrected chi connectivity index (χ2v) is 3.61. The molecule has 1 unspecified atom stereocenters. The Bertz CT molecular complexity index is 342. The maximum atomic E-state index is 11.4. The number of carbonyl (C=O) groups excluding carboxylic acids is 1. The van der Waals surface area contributed by atoms with Crippen LogP contribution in [-0.4, -0.2) is 13.1 Å². The average molecular weight is 204 g/mol. The number of hydrogen-bond donors (Lipinski definition) is 0. The highest BCUT2D eigenvalue weighted by Gasteiger charge is 2.26. The van der Waals surface area contributed by atoms with E-state index in [9.17, 15) is 4.79 Å². The second kappa shape index (κ2) is 5.41. The Morgan fingerprint density at radius 1 is 1.60 bits per heavy atom. The molecule has 0 N–H and O–H groups in total. The molecule has 0 aliphatic heterocycles. The Morgan fingerprint density at radius 3 is 2.87 bits per heavy atom. The van der Waals surface area contributed by atoms with E-state index in [-0.39, 0.29) is 11.9 Å². The van der Waals surface area contributed by atoms with Crippen LogP contribution in [0.5, 0.6) is 0 Å². The van der Waals surface area contributed by atoms with Crippen molar-refractivity contribution in [2.24, 2.45) is 5.92 Å². The van der Waals surface area contributed by atoms with Crippen molar-refractivity contribution in [1.82, 2.24) is 0 Å². The summed E-state index contributed by atoms with van der Waals surface area (Å²) in [5, 5.41) is 0. The molecule has 1 aliphatic carbocycles. The summed E-state index contributed by atoms with van der Waals surface area (Å²) in [6, 6.07) is 0. The molecular weight excluding hydrogens is 188 g/mol. The monoisotopic (exact) mass is 204 g/mol. The van der Waals surface area contributed by atoms with Crippen molar-refractivity contribution in [3.8, 4) is 12.3 Å². The van der Waals surface area contributed by atoms with Gasteiger partial charge in [0, 0.05) is 0 Å². The summed E-state index contributed by atoms with van der Waals surface area (Å²) < 4.78 is 4.75. The van der Waals surface area contributed by atoms with Gasteiger partial charge in [0.1, 0.15) is 0 Å². The molecule has 1 saturated carbocycles. The van der Waals surface area contributed by atoms with E-state index in [1.807, 2.05) is 13.0 Å². The first-order valence-electron chi connectivity index (χ1n) is 5.11. The van der Waals surface area contributed by atoms with E-state index in [0.29, 0.717) is 0 Å². The quantitative estimate of drug-likeness (QED) is 0.484. The van der Waals surface area contributed by atoms with Crippen molar-refractivity contribution in [2.75, 3.05) is 7.11 Å². The Balaban J connectivity index is 2.77. The zero-order chi connectivity index (χ0) is 11.3. The normalized spacial score (nSPS) is 26.3. The van der Waals surface area contributed by atoms with E-state index in [1.165, 1.54) is 18.3 Å². The number of hydrogen-bond acceptors (Lipinski definition) is 2. The molecule has 0 saturated heterocycles. The molecule has 1 atom stereocenters. The highest BCUT2D eigenvalue weighted by molar-refractivity contribution is 5.73.